The third kappa shape index (κ3) is 9.42. The molecule has 4 N–H and O–H groups in total. The molecule has 5 aliphatic rings. The molecule has 0 amide bonds. The molecule has 1 saturated heterocycles. The fourth-order valence-corrected chi connectivity index (χ4v) is 11.2. The summed E-state index contributed by atoms with van der Waals surface area (Å²) in [4.78, 5) is 38.9. The van der Waals surface area contributed by atoms with Gasteiger partial charge in [-0.2, -0.15) is 16.8 Å². The molecule has 0 aromatic carbocycles. The summed E-state index contributed by atoms with van der Waals surface area (Å²) in [6, 6.07) is 0. The summed E-state index contributed by atoms with van der Waals surface area (Å²) < 4.78 is 93.2. The normalized spacial score (nSPS) is 39.1. The van der Waals surface area contributed by atoms with Crippen molar-refractivity contribution < 1.29 is 186 Å². The number of esters is 1. The first-order chi connectivity index (χ1) is 23.5. The zero-order valence-corrected chi connectivity index (χ0v) is 38.1. The third-order valence-corrected chi connectivity index (χ3v) is 12.9. The first-order valence-electron chi connectivity index (χ1n) is 16.7. The Bertz CT molecular complexity index is 1630. The molecule has 2 bridgehead atoms. The Kier molecular flexibility index (Phi) is 16.1. The molecule has 0 unspecified atom stereocenters. The SMILES string of the molecule is C=C1[C@@H]2CC[C@H]3[C@]4(C)C[C@H](O[C@H]5O[C@H](CO)[C@@H](OS(=O)(=O)O)[C@H](OS(=O)(=O)O)[C@H]5OC(=O)CC(C)C)CC(C(=O)[O-])(C(=O)[O-])[C@H]4CC[C@]3(C2)[C@H]1O.[K+].[K+]. The van der Waals surface area contributed by atoms with Gasteiger partial charge in [0.15, 0.2) is 18.5 Å². The summed E-state index contributed by atoms with van der Waals surface area (Å²) in [7, 11) is -11.0. The maximum atomic E-state index is 13.0. The zero-order chi connectivity index (χ0) is 38.1. The van der Waals surface area contributed by atoms with Gasteiger partial charge in [-0.3, -0.25) is 13.9 Å². The molecule has 4 aliphatic carbocycles. The van der Waals surface area contributed by atoms with Gasteiger partial charge < -0.3 is 44.2 Å². The van der Waals surface area contributed by atoms with E-state index in [-0.39, 0.29) is 134 Å². The summed E-state index contributed by atoms with van der Waals surface area (Å²) in [5.41, 5.74) is -3.89. The number of hydrogen-bond acceptors (Lipinski definition) is 16. The second-order valence-electron chi connectivity index (χ2n) is 15.3. The van der Waals surface area contributed by atoms with Crippen molar-refractivity contribution in [2.24, 2.45) is 39.9 Å². The number of aliphatic carboxylic acids is 2. The van der Waals surface area contributed by atoms with Crippen molar-refractivity contribution in [3.63, 3.8) is 0 Å². The Morgan fingerprint density at radius 2 is 1.51 bits per heavy atom. The van der Waals surface area contributed by atoms with Crippen LogP contribution in [0.4, 0.5) is 0 Å². The van der Waals surface area contributed by atoms with E-state index in [1.165, 1.54) is 0 Å². The van der Waals surface area contributed by atoms with Crippen LogP contribution in [0.1, 0.15) is 72.1 Å². The Hall–Kier alpha value is 1.00. The smallest absolute Gasteiger partial charge is 0.549 e. The Balaban J connectivity index is 0.00000378. The van der Waals surface area contributed by atoms with Crippen LogP contribution in [0.5, 0.6) is 0 Å². The molecule has 0 aromatic heterocycles. The van der Waals surface area contributed by atoms with Crippen molar-refractivity contribution in [2.75, 3.05) is 6.61 Å². The predicted molar refractivity (Wildman–Crippen MR) is 164 cm³/mol. The van der Waals surface area contributed by atoms with Gasteiger partial charge in [-0.05, 0) is 79.6 Å². The molecule has 0 radical (unpaired) electrons. The third-order valence-electron chi connectivity index (χ3n) is 12.0. The molecule has 5 rings (SSSR count). The Morgan fingerprint density at radius 1 is 0.925 bits per heavy atom. The van der Waals surface area contributed by atoms with Crippen LogP contribution in [0.2, 0.25) is 0 Å². The van der Waals surface area contributed by atoms with Gasteiger partial charge in [-0.1, -0.05) is 27.4 Å². The number of aliphatic hydroxyl groups is 2. The molecule has 12 atom stereocenters. The molecule has 1 heterocycles. The minimum absolute atomic E-state index is 0. The molecular weight excluding hydrogens is 803 g/mol. The van der Waals surface area contributed by atoms with Crippen LogP contribution in [-0.4, -0.2) is 104 Å². The van der Waals surface area contributed by atoms with Crippen molar-refractivity contribution in [1.29, 1.82) is 0 Å². The van der Waals surface area contributed by atoms with E-state index >= 15 is 0 Å². The largest absolute Gasteiger partial charge is 1.00 e. The minimum Gasteiger partial charge on any atom is -0.549 e. The van der Waals surface area contributed by atoms with E-state index in [0.29, 0.717) is 31.3 Å². The van der Waals surface area contributed by atoms with Crippen molar-refractivity contribution in [3.05, 3.63) is 12.2 Å². The zero-order valence-electron chi connectivity index (χ0n) is 30.2. The molecular formula is C31H44K2O18S2. The van der Waals surface area contributed by atoms with Gasteiger partial charge in [0.2, 0.25) is 0 Å². The van der Waals surface area contributed by atoms with E-state index in [4.69, 9.17) is 14.2 Å². The molecule has 53 heavy (non-hydrogen) atoms. The minimum atomic E-state index is -5.53. The number of carboxylic acid groups (broad SMARTS) is 2. The molecule has 290 valence electrons. The van der Waals surface area contributed by atoms with Gasteiger partial charge in [-0.15, -0.1) is 0 Å². The van der Waals surface area contributed by atoms with E-state index in [2.05, 4.69) is 14.9 Å². The van der Waals surface area contributed by atoms with Gasteiger partial charge >= 0.3 is 130 Å². The van der Waals surface area contributed by atoms with Crippen LogP contribution in [0.25, 0.3) is 0 Å². The average molecular weight is 847 g/mol. The van der Waals surface area contributed by atoms with Crippen LogP contribution in [-0.2, 0) is 57.8 Å². The average Bonchev–Trinajstić information content (AvgIpc) is 3.16. The number of aliphatic hydroxyl groups excluding tert-OH is 2. The van der Waals surface area contributed by atoms with Crippen LogP contribution < -0.4 is 113 Å². The number of ether oxygens (including phenoxy) is 3. The van der Waals surface area contributed by atoms with Gasteiger partial charge in [0.1, 0.15) is 12.2 Å². The summed E-state index contributed by atoms with van der Waals surface area (Å²) in [5.74, 6) is -6.70. The van der Waals surface area contributed by atoms with Crippen LogP contribution in [0.15, 0.2) is 12.2 Å². The summed E-state index contributed by atoms with van der Waals surface area (Å²) in [5, 5.41) is 47.6. The summed E-state index contributed by atoms with van der Waals surface area (Å²) in [6.07, 6.45) is -12.1. The van der Waals surface area contributed by atoms with Crippen LogP contribution in [0.3, 0.4) is 0 Å². The Morgan fingerprint density at radius 3 is 2.04 bits per heavy atom. The maximum absolute atomic E-state index is 13.0. The Labute approximate surface area is 393 Å². The van der Waals surface area contributed by atoms with Crippen LogP contribution in [0, 0.1) is 39.9 Å². The first kappa shape index (κ1) is 48.4. The summed E-state index contributed by atoms with van der Waals surface area (Å²) in [6.45, 7) is 7.91. The quantitative estimate of drug-likeness (QED) is 0.0354. The number of carbonyl (C=O) groups excluding carboxylic acids is 3. The van der Waals surface area contributed by atoms with Crippen molar-refractivity contribution in [2.45, 2.75) is 115 Å². The number of carbonyl (C=O) groups is 3. The van der Waals surface area contributed by atoms with Gasteiger partial charge in [-0.25, -0.2) is 8.37 Å². The molecule has 22 heteroatoms. The molecule has 18 nitrogen and oxygen atoms in total. The van der Waals surface area contributed by atoms with E-state index in [1.807, 2.05) is 0 Å². The standard InChI is InChI=1S/C31H46O18S2.2K/c1-14(2)9-21(33)47-24-23(49-51(42,43)44)22(48-50(39,40)41)18(13-32)46-26(24)45-17-11-29(4)19-6-5-16-10-30(19,25(34)15(16)3)8-7-20(29)31(12-17,27(35)36)28(37)38;;/h14,16-20,22-26,32,34H,3,5-13H2,1-2,4H3,(H,35,36)(H,37,38)(H,39,40,41)(H,42,43,44);;/q;2*+1/p-2/t16-,17+,18-,19+,20+,22-,23+,24-,25+,26+,29+,30-;;/m1../s1. The monoisotopic (exact) mass is 846 g/mol. The topological polar surface area (TPSA) is 293 Å². The van der Waals surface area contributed by atoms with Crippen molar-refractivity contribution in [1.82, 2.24) is 0 Å². The maximum Gasteiger partial charge on any atom is 1.00 e. The number of carboxylic acids is 2. The van der Waals surface area contributed by atoms with Gasteiger partial charge in [0.05, 0.1) is 36.2 Å². The van der Waals surface area contributed by atoms with E-state index in [0.717, 1.165) is 0 Å². The van der Waals surface area contributed by atoms with E-state index in [1.54, 1.807) is 20.8 Å². The number of rotatable bonds is 12. The second kappa shape index (κ2) is 17.7. The van der Waals surface area contributed by atoms with Crippen molar-refractivity contribution in [3.8, 4) is 0 Å². The summed E-state index contributed by atoms with van der Waals surface area (Å²) >= 11 is 0. The molecule has 1 aliphatic heterocycles. The second-order valence-corrected chi connectivity index (χ2v) is 17.4. The predicted octanol–water partition coefficient (Wildman–Crippen LogP) is -7.54. The van der Waals surface area contributed by atoms with Crippen molar-refractivity contribution >= 4 is 38.7 Å². The molecule has 4 saturated carbocycles. The molecule has 1 spiro atoms. The first-order valence-corrected chi connectivity index (χ1v) is 19.4. The van der Waals surface area contributed by atoms with Crippen LogP contribution >= 0.6 is 0 Å². The number of hydrogen-bond donors (Lipinski definition) is 4. The molecule has 0 aromatic rings. The molecule has 5 fully saturated rings. The van der Waals surface area contributed by atoms with Gasteiger partial charge in [0, 0.05) is 11.8 Å². The fourth-order valence-electron chi connectivity index (χ4n) is 10.2. The van der Waals surface area contributed by atoms with E-state index < -0.39 is 123 Å². The van der Waals surface area contributed by atoms with Gasteiger partial charge in [0.25, 0.3) is 0 Å². The van der Waals surface area contributed by atoms with E-state index in [9.17, 15) is 60.8 Å². The number of fused-ring (bicyclic) bond motifs is 3. The fraction of sp³-hybridized carbons (Fsp3) is 0.839.